The van der Waals surface area contributed by atoms with E-state index < -0.39 is 26.8 Å². The number of ether oxygens (including phenoxy) is 1. The number of hydrogen-bond acceptors (Lipinski definition) is 7. The van der Waals surface area contributed by atoms with Gasteiger partial charge in [0.1, 0.15) is 5.75 Å². The molecule has 2 bridgehead atoms. The summed E-state index contributed by atoms with van der Waals surface area (Å²) < 4.78 is 35.9. The minimum atomic E-state index is -4.05. The van der Waals surface area contributed by atoms with Crippen molar-refractivity contribution in [3.8, 4) is 5.75 Å². The molecule has 2 heterocycles. The third kappa shape index (κ3) is 6.97. The zero-order valence-corrected chi connectivity index (χ0v) is 31.6. The van der Waals surface area contributed by atoms with Gasteiger partial charge in [0.15, 0.2) is 0 Å². The Hall–Kier alpha value is -3.86. The maximum Gasteiger partial charge on any atom is 0.264 e. The first-order valence-corrected chi connectivity index (χ1v) is 20.3. The molecule has 9 nitrogen and oxygen atoms in total. The van der Waals surface area contributed by atoms with Crippen molar-refractivity contribution >= 4 is 44.8 Å². The van der Waals surface area contributed by atoms with Gasteiger partial charge in [-0.3, -0.25) is 9.59 Å². The van der Waals surface area contributed by atoms with Gasteiger partial charge in [-0.25, -0.2) is 13.1 Å². The van der Waals surface area contributed by atoms with E-state index in [0.29, 0.717) is 42.6 Å². The second-order valence-electron chi connectivity index (χ2n) is 15.5. The highest BCUT2D eigenvalue weighted by atomic mass is 35.5. The summed E-state index contributed by atoms with van der Waals surface area (Å²) in [7, 11) is -2.32. The van der Waals surface area contributed by atoms with E-state index in [-0.39, 0.29) is 41.1 Å². The lowest BCUT2D eigenvalue weighted by molar-refractivity contribution is -0.126. The van der Waals surface area contributed by atoms with E-state index in [0.717, 1.165) is 37.8 Å². The summed E-state index contributed by atoms with van der Waals surface area (Å²) in [5.41, 5.74) is 2.26. The molecule has 0 saturated heterocycles. The zero-order chi connectivity index (χ0) is 36.8. The average molecular weight is 746 g/mol. The number of para-hydroxylation sites is 1. The van der Waals surface area contributed by atoms with Gasteiger partial charge in [0.25, 0.3) is 5.91 Å². The van der Waals surface area contributed by atoms with Gasteiger partial charge < -0.3 is 19.6 Å². The molecule has 1 spiro atoms. The van der Waals surface area contributed by atoms with Crippen molar-refractivity contribution < 1.29 is 27.9 Å². The summed E-state index contributed by atoms with van der Waals surface area (Å²) in [5, 5.41) is 12.4. The fraction of sp³-hybridized carbons (Fsp3) is 0.463. The van der Waals surface area contributed by atoms with Crippen molar-refractivity contribution in [3.05, 3.63) is 101 Å². The van der Waals surface area contributed by atoms with Gasteiger partial charge in [-0.2, -0.15) is 0 Å². The first kappa shape index (κ1) is 36.5. The summed E-state index contributed by atoms with van der Waals surface area (Å²) in [6.45, 7) is 4.99. The van der Waals surface area contributed by atoms with E-state index in [4.69, 9.17) is 16.3 Å². The molecular weight excluding hydrogens is 698 g/mol. The Morgan fingerprint density at radius 1 is 1.10 bits per heavy atom. The van der Waals surface area contributed by atoms with Crippen molar-refractivity contribution in [2.24, 2.45) is 17.8 Å². The number of rotatable bonds is 3. The number of nitrogens with one attached hydrogen (secondary N) is 1. The quantitative estimate of drug-likeness (QED) is 0.288. The molecule has 2 aliphatic heterocycles. The van der Waals surface area contributed by atoms with Gasteiger partial charge in [0.05, 0.1) is 29.6 Å². The van der Waals surface area contributed by atoms with Crippen LogP contribution in [0, 0.1) is 17.8 Å². The molecule has 52 heavy (non-hydrogen) atoms. The van der Waals surface area contributed by atoms with Gasteiger partial charge >= 0.3 is 0 Å². The molecule has 4 aliphatic rings. The van der Waals surface area contributed by atoms with Gasteiger partial charge in [0.2, 0.25) is 15.9 Å². The summed E-state index contributed by atoms with van der Waals surface area (Å²) in [6, 6.07) is 20.6. The number of anilines is 2. The average Bonchev–Trinajstić information content (AvgIpc) is 3.25. The fourth-order valence-electron chi connectivity index (χ4n) is 8.72. The molecule has 2 amide bonds. The van der Waals surface area contributed by atoms with Crippen LogP contribution in [0.1, 0.15) is 73.9 Å². The molecule has 6 atom stereocenters. The number of carbonyl (C=O) groups is 2. The van der Waals surface area contributed by atoms with Gasteiger partial charge in [-0.15, -0.1) is 0 Å². The van der Waals surface area contributed by atoms with Crippen LogP contribution in [0.3, 0.4) is 0 Å². The van der Waals surface area contributed by atoms with Crippen LogP contribution in [0.5, 0.6) is 5.75 Å². The summed E-state index contributed by atoms with van der Waals surface area (Å²) in [6.07, 6.45) is 8.17. The predicted octanol–water partition coefficient (Wildman–Crippen LogP) is 6.67. The molecule has 1 fully saturated rings. The number of nitrogens with zero attached hydrogens (tertiary/aromatic N) is 2. The molecule has 11 heteroatoms. The molecule has 7 rings (SSSR count). The maximum atomic E-state index is 13.8. The molecule has 1 saturated carbocycles. The first-order chi connectivity index (χ1) is 24.8. The number of fused-ring (bicyclic) bond motifs is 4. The summed E-state index contributed by atoms with van der Waals surface area (Å²) in [4.78, 5) is 31.3. The van der Waals surface area contributed by atoms with Crippen LogP contribution in [-0.4, -0.2) is 62.9 Å². The second-order valence-corrected chi connectivity index (χ2v) is 18.0. The normalized spacial score (nSPS) is 30.4. The highest BCUT2D eigenvalue weighted by molar-refractivity contribution is 7.90. The third-order valence-electron chi connectivity index (χ3n) is 12.2. The number of aryl methyl sites for hydroxylation is 1. The Kier molecular flexibility index (Phi) is 9.95. The number of carbonyl (C=O) groups excluding carboxylic acids is 2. The zero-order valence-electron chi connectivity index (χ0n) is 30.1. The van der Waals surface area contributed by atoms with Crippen molar-refractivity contribution in [2.45, 2.75) is 75.1 Å². The van der Waals surface area contributed by atoms with E-state index >= 15 is 0 Å². The van der Waals surface area contributed by atoms with Crippen molar-refractivity contribution in [2.75, 3.05) is 36.5 Å². The van der Waals surface area contributed by atoms with Crippen LogP contribution in [0.25, 0.3) is 0 Å². The molecule has 0 aromatic heterocycles. The third-order valence-corrected chi connectivity index (χ3v) is 14.4. The predicted molar refractivity (Wildman–Crippen MR) is 205 cm³/mol. The molecule has 0 unspecified atom stereocenters. The summed E-state index contributed by atoms with van der Waals surface area (Å²) >= 11 is 6.45. The summed E-state index contributed by atoms with van der Waals surface area (Å²) in [5.74, 6) is -0.848. The first-order valence-electron chi connectivity index (χ1n) is 18.4. The van der Waals surface area contributed by atoms with Crippen molar-refractivity contribution in [1.29, 1.82) is 0 Å². The van der Waals surface area contributed by atoms with E-state index in [9.17, 15) is 23.1 Å². The van der Waals surface area contributed by atoms with Crippen LogP contribution >= 0.6 is 11.6 Å². The highest BCUT2D eigenvalue weighted by Crippen LogP contribution is 2.49. The molecule has 3 aromatic rings. The van der Waals surface area contributed by atoms with E-state index in [1.54, 1.807) is 43.1 Å². The SMILES string of the molecule is C[C@@H]1[C@@H](C)C/C=C/[C@@](O)(CC(=O)N(C)c2ccccc2)[C@@H]2CC[C@H]2CN2C[C@@]3(CCCc4cc(Cl)ccc43)COc3ccc(cc32)C(=O)NS1(=O)=O. The molecule has 2 N–H and O–H groups in total. The largest absolute Gasteiger partial charge is 0.490 e. The second kappa shape index (κ2) is 14.2. The van der Waals surface area contributed by atoms with Crippen LogP contribution < -0.4 is 19.3 Å². The number of aliphatic hydroxyl groups is 1. The number of hydrogen-bond donors (Lipinski definition) is 2. The molecule has 2 aliphatic carbocycles. The lowest BCUT2D eigenvalue weighted by Gasteiger charge is -2.49. The fourth-order valence-corrected chi connectivity index (χ4v) is 10.2. The van der Waals surface area contributed by atoms with Gasteiger partial charge in [0, 0.05) is 41.8 Å². The Labute approximate surface area is 312 Å². The van der Waals surface area contributed by atoms with Crippen molar-refractivity contribution in [3.63, 3.8) is 0 Å². The van der Waals surface area contributed by atoms with Gasteiger partial charge in [-0.1, -0.05) is 54.9 Å². The van der Waals surface area contributed by atoms with Gasteiger partial charge in [-0.05, 0) is 117 Å². The van der Waals surface area contributed by atoms with Crippen LogP contribution in [0.15, 0.2) is 78.9 Å². The number of allylic oxidation sites excluding steroid dienone is 1. The minimum Gasteiger partial charge on any atom is -0.490 e. The van der Waals surface area contributed by atoms with Crippen LogP contribution in [0.2, 0.25) is 5.02 Å². The van der Waals surface area contributed by atoms with Crippen molar-refractivity contribution in [1.82, 2.24) is 4.72 Å². The molecule has 0 radical (unpaired) electrons. The minimum absolute atomic E-state index is 0.0304. The Morgan fingerprint density at radius 2 is 1.88 bits per heavy atom. The smallest absolute Gasteiger partial charge is 0.264 e. The highest BCUT2D eigenvalue weighted by Gasteiger charge is 2.49. The number of amides is 2. The maximum absolute atomic E-state index is 13.8. The lowest BCUT2D eigenvalue weighted by Crippen LogP contribution is -2.53. The number of halogens is 1. The Morgan fingerprint density at radius 3 is 2.63 bits per heavy atom. The standard InChI is InChI=1S/C41H48ClN3O6S/c1-27-9-7-20-41(48,23-38(46)44(3)33-11-5-4-6-12-33)35-16-13-31(35)24-45-25-40(19-8-10-29-21-32(42)15-17-34(29)40)26-51-37-18-14-30(22-36(37)45)39(47)43-52(49,50)28(27)2/h4-7,11-12,14-15,17-18,20-22,27-28,31,35,48H,8-10,13,16,19,23-26H2,1-3H3,(H,43,47)/b20-7+/t27-,28+,31-,35+,40-,41+/m0/s1. The van der Waals surface area contributed by atoms with E-state index in [1.807, 2.05) is 55.5 Å². The molecule has 276 valence electrons. The van der Waals surface area contributed by atoms with E-state index in [2.05, 4.69) is 15.7 Å². The number of benzene rings is 3. The molecule has 3 aromatic carbocycles. The number of sulfonamides is 1. The van der Waals surface area contributed by atoms with Crippen LogP contribution in [-0.2, 0) is 26.7 Å². The Balaban J connectivity index is 1.30. The molecular formula is C41H48ClN3O6S. The monoisotopic (exact) mass is 745 g/mol. The topological polar surface area (TPSA) is 116 Å². The lowest BCUT2D eigenvalue weighted by atomic mass is 9.63. The van der Waals surface area contributed by atoms with E-state index in [1.165, 1.54) is 11.1 Å². The Bertz CT molecular complexity index is 1990. The van der Waals surface area contributed by atoms with Crippen LogP contribution in [0.4, 0.5) is 11.4 Å².